The molecule has 0 aliphatic heterocycles. The van der Waals surface area contributed by atoms with Crippen LogP contribution in [0.5, 0.6) is 0 Å². The lowest BCUT2D eigenvalue weighted by Crippen LogP contribution is -1.86. The van der Waals surface area contributed by atoms with E-state index >= 15 is 0 Å². The van der Waals surface area contributed by atoms with Gasteiger partial charge in [-0.2, -0.15) is 0 Å². The molecule has 16 heavy (non-hydrogen) atoms. The molecule has 0 rings (SSSR count). The lowest BCUT2D eigenvalue weighted by Gasteiger charge is -2.06. The third kappa shape index (κ3) is 10.0. The lowest BCUT2D eigenvalue weighted by molar-refractivity contribution is 0.685. The Labute approximate surface area is 103 Å². The molecule has 0 saturated heterocycles. The van der Waals surface area contributed by atoms with Crippen LogP contribution in [-0.4, -0.2) is 0 Å². The molecular formula is C16H30. The van der Waals surface area contributed by atoms with Crippen molar-refractivity contribution in [2.75, 3.05) is 0 Å². The van der Waals surface area contributed by atoms with Crippen molar-refractivity contribution in [2.24, 2.45) is 0 Å². The van der Waals surface area contributed by atoms with E-state index in [0.717, 1.165) is 0 Å². The fourth-order valence-corrected chi connectivity index (χ4v) is 1.88. The van der Waals surface area contributed by atoms with Crippen molar-refractivity contribution in [3.05, 3.63) is 24.3 Å². The average molecular weight is 222 g/mol. The van der Waals surface area contributed by atoms with Crippen LogP contribution in [0.25, 0.3) is 0 Å². The maximum absolute atomic E-state index is 3.77. The molecular weight excluding hydrogens is 192 g/mol. The molecule has 0 aliphatic carbocycles. The zero-order valence-corrected chi connectivity index (χ0v) is 11.4. The second kappa shape index (κ2) is 12.5. The van der Waals surface area contributed by atoms with Crippen LogP contribution in [-0.2, 0) is 0 Å². The van der Waals surface area contributed by atoms with Crippen LogP contribution in [0.15, 0.2) is 24.3 Å². The molecule has 0 unspecified atom stereocenters. The summed E-state index contributed by atoms with van der Waals surface area (Å²) in [6, 6.07) is 0. The van der Waals surface area contributed by atoms with Crippen molar-refractivity contribution in [3.63, 3.8) is 0 Å². The lowest BCUT2D eigenvalue weighted by atomic mass is 10.00. The summed E-state index contributed by atoms with van der Waals surface area (Å²) in [5, 5.41) is 0. The van der Waals surface area contributed by atoms with Gasteiger partial charge in [0.15, 0.2) is 0 Å². The second-order valence-corrected chi connectivity index (χ2v) is 4.64. The highest BCUT2D eigenvalue weighted by Crippen LogP contribution is 2.17. The van der Waals surface area contributed by atoms with Gasteiger partial charge >= 0.3 is 0 Å². The Morgan fingerprint density at radius 3 is 2.19 bits per heavy atom. The molecule has 0 radical (unpaired) electrons. The summed E-state index contributed by atoms with van der Waals surface area (Å²) < 4.78 is 0. The van der Waals surface area contributed by atoms with E-state index in [2.05, 4.69) is 26.5 Å². The van der Waals surface area contributed by atoms with Crippen LogP contribution >= 0.6 is 0 Å². The van der Waals surface area contributed by atoms with Gasteiger partial charge in [-0.05, 0) is 44.9 Å². The van der Waals surface area contributed by atoms with Crippen molar-refractivity contribution in [2.45, 2.75) is 78.1 Å². The van der Waals surface area contributed by atoms with Crippen LogP contribution in [0.1, 0.15) is 78.1 Å². The normalized spacial score (nSPS) is 11.8. The van der Waals surface area contributed by atoms with Crippen LogP contribution < -0.4 is 0 Å². The summed E-state index contributed by atoms with van der Waals surface area (Å²) in [6.45, 7) is 8.32. The highest BCUT2D eigenvalue weighted by molar-refractivity contribution is 5.01. The molecule has 0 amide bonds. The molecule has 0 saturated carbocycles. The Hall–Kier alpha value is -0.520. The molecule has 0 spiro atoms. The SMILES string of the molecule is C=CCCCCC(=CCCCC)CCCC. The molecule has 0 heteroatoms. The van der Waals surface area contributed by atoms with Crippen molar-refractivity contribution in [1.82, 2.24) is 0 Å². The maximum Gasteiger partial charge on any atom is -0.0320 e. The van der Waals surface area contributed by atoms with Gasteiger partial charge in [0.2, 0.25) is 0 Å². The van der Waals surface area contributed by atoms with Gasteiger partial charge in [0, 0.05) is 0 Å². The van der Waals surface area contributed by atoms with E-state index in [-0.39, 0.29) is 0 Å². The van der Waals surface area contributed by atoms with Crippen LogP contribution in [0.2, 0.25) is 0 Å². The first-order chi connectivity index (χ1) is 7.85. The summed E-state index contributed by atoms with van der Waals surface area (Å²) in [6.07, 6.45) is 17.6. The Bertz CT molecular complexity index is 176. The first-order valence-corrected chi connectivity index (χ1v) is 7.13. The van der Waals surface area contributed by atoms with Crippen molar-refractivity contribution in [1.29, 1.82) is 0 Å². The van der Waals surface area contributed by atoms with Crippen LogP contribution in [0.3, 0.4) is 0 Å². The van der Waals surface area contributed by atoms with Gasteiger partial charge in [-0.1, -0.05) is 50.8 Å². The molecule has 0 aromatic carbocycles. The molecule has 0 aromatic heterocycles. The van der Waals surface area contributed by atoms with Gasteiger partial charge < -0.3 is 0 Å². The summed E-state index contributed by atoms with van der Waals surface area (Å²) in [5.41, 5.74) is 1.71. The first-order valence-electron chi connectivity index (χ1n) is 7.13. The van der Waals surface area contributed by atoms with E-state index in [0.29, 0.717) is 0 Å². The summed E-state index contributed by atoms with van der Waals surface area (Å²) in [7, 11) is 0. The summed E-state index contributed by atoms with van der Waals surface area (Å²) in [5.74, 6) is 0. The van der Waals surface area contributed by atoms with Crippen LogP contribution in [0, 0.1) is 0 Å². The van der Waals surface area contributed by atoms with Gasteiger partial charge in [-0.3, -0.25) is 0 Å². The Kier molecular flexibility index (Phi) is 12.1. The number of hydrogen-bond acceptors (Lipinski definition) is 0. The monoisotopic (exact) mass is 222 g/mol. The van der Waals surface area contributed by atoms with Gasteiger partial charge in [0.25, 0.3) is 0 Å². The molecule has 0 aromatic rings. The molecule has 0 heterocycles. The second-order valence-electron chi connectivity index (χ2n) is 4.64. The highest BCUT2D eigenvalue weighted by Gasteiger charge is 1.97. The molecule has 0 bridgehead atoms. The van der Waals surface area contributed by atoms with Gasteiger partial charge in [0.05, 0.1) is 0 Å². The quantitative estimate of drug-likeness (QED) is 0.295. The predicted octanol–water partition coefficient (Wildman–Crippen LogP) is 6.04. The fourth-order valence-electron chi connectivity index (χ4n) is 1.88. The molecule has 0 aliphatic rings. The minimum absolute atomic E-state index is 1.18. The average Bonchev–Trinajstić information content (AvgIpc) is 2.31. The van der Waals surface area contributed by atoms with Crippen molar-refractivity contribution < 1.29 is 0 Å². The standard InChI is InChI=1S/C16H30/c1-4-7-10-12-15-16(13-9-6-3)14-11-8-5-2/h4,14H,1,5-13,15H2,2-3H3. The smallest absolute Gasteiger partial charge is 0.0320 e. The Balaban J connectivity index is 3.79. The van der Waals surface area contributed by atoms with Crippen LogP contribution in [0.4, 0.5) is 0 Å². The Morgan fingerprint density at radius 2 is 1.56 bits per heavy atom. The first kappa shape index (κ1) is 15.5. The molecule has 0 nitrogen and oxygen atoms in total. The predicted molar refractivity (Wildman–Crippen MR) is 75.8 cm³/mol. The highest BCUT2D eigenvalue weighted by atomic mass is 14.0. The topological polar surface area (TPSA) is 0 Å². The maximum atomic E-state index is 3.77. The van der Waals surface area contributed by atoms with Gasteiger partial charge in [-0.15, -0.1) is 6.58 Å². The van der Waals surface area contributed by atoms with E-state index in [1.807, 2.05) is 6.08 Å². The number of rotatable bonds is 11. The van der Waals surface area contributed by atoms with E-state index in [9.17, 15) is 0 Å². The molecule has 0 fully saturated rings. The Morgan fingerprint density at radius 1 is 0.875 bits per heavy atom. The molecule has 94 valence electrons. The zero-order chi connectivity index (χ0) is 12.1. The number of unbranched alkanes of at least 4 members (excludes halogenated alkanes) is 5. The fraction of sp³-hybridized carbons (Fsp3) is 0.750. The molecule has 0 atom stereocenters. The van der Waals surface area contributed by atoms with Gasteiger partial charge in [-0.25, -0.2) is 0 Å². The zero-order valence-electron chi connectivity index (χ0n) is 11.4. The minimum Gasteiger partial charge on any atom is -0.103 e. The van der Waals surface area contributed by atoms with Crippen molar-refractivity contribution in [3.8, 4) is 0 Å². The van der Waals surface area contributed by atoms with Gasteiger partial charge in [0.1, 0.15) is 0 Å². The molecule has 0 N–H and O–H groups in total. The largest absolute Gasteiger partial charge is 0.103 e. The third-order valence-electron chi connectivity index (χ3n) is 3.00. The summed E-state index contributed by atoms with van der Waals surface area (Å²) in [4.78, 5) is 0. The third-order valence-corrected chi connectivity index (χ3v) is 3.00. The summed E-state index contributed by atoms with van der Waals surface area (Å²) >= 11 is 0. The van der Waals surface area contributed by atoms with E-state index in [1.54, 1.807) is 5.57 Å². The van der Waals surface area contributed by atoms with E-state index in [4.69, 9.17) is 0 Å². The minimum atomic E-state index is 1.18. The number of allylic oxidation sites excluding steroid dienone is 3. The van der Waals surface area contributed by atoms with Crippen molar-refractivity contribution >= 4 is 0 Å². The van der Waals surface area contributed by atoms with E-state index < -0.39 is 0 Å². The van der Waals surface area contributed by atoms with E-state index in [1.165, 1.54) is 64.2 Å². The number of hydrogen-bond donors (Lipinski definition) is 0.